The second-order valence-corrected chi connectivity index (χ2v) is 8.57. The zero-order valence-electron chi connectivity index (χ0n) is 19.1. The van der Waals surface area contributed by atoms with Gasteiger partial charge in [-0.25, -0.2) is 9.59 Å². The van der Waals surface area contributed by atoms with Gasteiger partial charge in [-0.15, -0.1) is 10.2 Å². The highest BCUT2D eigenvalue weighted by atomic mass is 35.5. The number of nitrogens with zero attached hydrogens (tertiary/aromatic N) is 2. The third kappa shape index (κ3) is 4.75. The van der Waals surface area contributed by atoms with E-state index in [-0.39, 0.29) is 49.5 Å². The number of aromatic nitrogens is 2. The molecule has 184 valence electrons. The highest BCUT2D eigenvalue weighted by Crippen LogP contribution is 2.36. The summed E-state index contributed by atoms with van der Waals surface area (Å²) in [6, 6.07) is 12.9. The van der Waals surface area contributed by atoms with Crippen molar-refractivity contribution in [3.05, 3.63) is 80.3 Å². The normalized spacial score (nSPS) is 10.7. The van der Waals surface area contributed by atoms with Crippen LogP contribution in [0, 0.1) is 6.92 Å². The number of aryl methyl sites for hydroxylation is 1. The predicted octanol–water partition coefficient (Wildman–Crippen LogP) is 6.35. The van der Waals surface area contributed by atoms with Gasteiger partial charge < -0.3 is 18.9 Å². The fourth-order valence-corrected chi connectivity index (χ4v) is 4.21. The second kappa shape index (κ2) is 10.6. The summed E-state index contributed by atoms with van der Waals surface area (Å²) >= 11 is 18.6. The highest BCUT2D eigenvalue weighted by molar-refractivity contribution is 6.37. The molecule has 4 rings (SSSR count). The Morgan fingerprint density at radius 2 is 1.11 bits per heavy atom. The van der Waals surface area contributed by atoms with Crippen LogP contribution in [-0.2, 0) is 0 Å². The van der Waals surface area contributed by atoms with Gasteiger partial charge in [0.1, 0.15) is 16.9 Å². The maximum absolute atomic E-state index is 13.0. The van der Waals surface area contributed by atoms with Crippen LogP contribution < -0.4 is 18.9 Å². The molecule has 36 heavy (non-hydrogen) atoms. The summed E-state index contributed by atoms with van der Waals surface area (Å²) in [7, 11) is 2.77. The number of esters is 2. The first-order chi connectivity index (χ1) is 17.3. The van der Waals surface area contributed by atoms with E-state index < -0.39 is 11.9 Å². The van der Waals surface area contributed by atoms with Gasteiger partial charge in [0, 0.05) is 0 Å². The van der Waals surface area contributed by atoms with Crippen LogP contribution >= 0.6 is 34.8 Å². The fraction of sp³-hybridized carbons (Fsp3) is 0.120. The van der Waals surface area contributed by atoms with E-state index in [0.29, 0.717) is 16.3 Å². The molecule has 0 N–H and O–H groups in total. The predicted molar refractivity (Wildman–Crippen MR) is 135 cm³/mol. The minimum atomic E-state index is -0.861. The van der Waals surface area contributed by atoms with E-state index in [2.05, 4.69) is 10.2 Å². The van der Waals surface area contributed by atoms with Gasteiger partial charge in [-0.1, -0.05) is 53.0 Å². The van der Waals surface area contributed by atoms with E-state index in [1.165, 1.54) is 26.4 Å². The summed E-state index contributed by atoms with van der Waals surface area (Å²) in [4.78, 5) is 26.0. The van der Waals surface area contributed by atoms with E-state index >= 15 is 0 Å². The van der Waals surface area contributed by atoms with Gasteiger partial charge in [0.05, 0.1) is 40.1 Å². The van der Waals surface area contributed by atoms with Crippen LogP contribution in [-0.4, -0.2) is 36.4 Å². The van der Waals surface area contributed by atoms with Crippen LogP contribution in [0.2, 0.25) is 15.1 Å². The molecule has 0 radical (unpaired) electrons. The van der Waals surface area contributed by atoms with Crippen molar-refractivity contribution in [2.24, 2.45) is 0 Å². The third-order valence-corrected chi connectivity index (χ3v) is 6.10. The van der Waals surface area contributed by atoms with Gasteiger partial charge in [-0.3, -0.25) is 0 Å². The maximum atomic E-state index is 13.0. The number of rotatable bonds is 6. The van der Waals surface area contributed by atoms with E-state index in [9.17, 15) is 9.59 Å². The molecular weight excluding hydrogens is 531 g/mol. The van der Waals surface area contributed by atoms with Crippen molar-refractivity contribution in [1.29, 1.82) is 0 Å². The maximum Gasteiger partial charge on any atom is 0.350 e. The molecule has 0 spiro atoms. The van der Waals surface area contributed by atoms with Crippen molar-refractivity contribution < 1.29 is 28.5 Å². The van der Waals surface area contributed by atoms with Crippen LogP contribution in [0.1, 0.15) is 26.3 Å². The number of carbonyl (C=O) groups is 2. The van der Waals surface area contributed by atoms with Crippen molar-refractivity contribution in [3.63, 3.8) is 0 Å². The lowest BCUT2D eigenvalue weighted by Gasteiger charge is -2.14. The quantitative estimate of drug-likeness (QED) is 0.258. The molecule has 4 aromatic rings. The minimum absolute atomic E-state index is 0.0447. The zero-order valence-corrected chi connectivity index (χ0v) is 21.4. The molecule has 0 saturated carbocycles. The van der Waals surface area contributed by atoms with Crippen molar-refractivity contribution in [1.82, 2.24) is 10.2 Å². The largest absolute Gasteiger partial charge is 0.496 e. The Labute approximate surface area is 220 Å². The van der Waals surface area contributed by atoms with E-state index in [4.69, 9.17) is 53.8 Å². The molecule has 1 heterocycles. The molecule has 0 saturated heterocycles. The Balaban J connectivity index is 1.71. The van der Waals surface area contributed by atoms with Gasteiger partial charge in [0.15, 0.2) is 5.75 Å². The first kappa shape index (κ1) is 25.5. The standard InChI is InChI=1S/C25H17Cl3N2O6/c1-12-8-9-15(26)18(20(12)33-2)24(31)35-22-13-6-4-5-7-14(13)23(30-29-22)36-25(32)19-16(27)10-11-17(28)21(19)34-3/h4-11H,1-3H3. The van der Waals surface area contributed by atoms with Crippen molar-refractivity contribution >= 4 is 57.5 Å². The van der Waals surface area contributed by atoms with Crippen LogP contribution in [0.4, 0.5) is 0 Å². The number of methoxy groups -OCH3 is 2. The van der Waals surface area contributed by atoms with Gasteiger partial charge in [0.2, 0.25) is 0 Å². The molecule has 0 aliphatic carbocycles. The lowest BCUT2D eigenvalue weighted by atomic mass is 10.1. The van der Waals surface area contributed by atoms with E-state index in [1.807, 2.05) is 0 Å². The van der Waals surface area contributed by atoms with Gasteiger partial charge >= 0.3 is 11.9 Å². The monoisotopic (exact) mass is 546 g/mol. The molecular formula is C25H17Cl3N2O6. The number of benzene rings is 3. The number of fused-ring (bicyclic) bond motifs is 1. The number of hydrogen-bond acceptors (Lipinski definition) is 8. The summed E-state index contributed by atoms with van der Waals surface area (Å²) in [6.07, 6.45) is 0. The zero-order chi connectivity index (χ0) is 26.0. The average Bonchev–Trinajstić information content (AvgIpc) is 2.87. The summed E-state index contributed by atoms with van der Waals surface area (Å²) in [5.74, 6) is -1.57. The fourth-order valence-electron chi connectivity index (χ4n) is 3.52. The van der Waals surface area contributed by atoms with Crippen molar-refractivity contribution in [2.75, 3.05) is 14.2 Å². The van der Waals surface area contributed by atoms with Crippen LogP contribution in [0.3, 0.4) is 0 Å². The molecule has 0 bridgehead atoms. The van der Waals surface area contributed by atoms with Crippen LogP contribution in [0.15, 0.2) is 48.5 Å². The molecule has 0 unspecified atom stereocenters. The number of hydrogen-bond donors (Lipinski definition) is 0. The average molecular weight is 548 g/mol. The lowest BCUT2D eigenvalue weighted by molar-refractivity contribution is 0.0705. The second-order valence-electron chi connectivity index (χ2n) is 7.34. The smallest absolute Gasteiger partial charge is 0.350 e. The molecule has 8 nitrogen and oxygen atoms in total. The molecule has 1 aromatic heterocycles. The molecule has 0 aliphatic heterocycles. The van der Waals surface area contributed by atoms with Gasteiger partial charge in [-0.2, -0.15) is 0 Å². The number of ether oxygens (including phenoxy) is 4. The Hall–Kier alpha value is -3.59. The minimum Gasteiger partial charge on any atom is -0.496 e. The molecule has 0 aliphatic rings. The first-order valence-corrected chi connectivity index (χ1v) is 11.4. The Morgan fingerprint density at radius 1 is 0.667 bits per heavy atom. The van der Waals surface area contributed by atoms with Crippen molar-refractivity contribution in [2.45, 2.75) is 6.92 Å². The summed E-state index contributed by atoms with van der Waals surface area (Å²) in [6.45, 7) is 1.77. The highest BCUT2D eigenvalue weighted by Gasteiger charge is 2.25. The molecule has 11 heteroatoms. The molecule has 0 atom stereocenters. The van der Waals surface area contributed by atoms with E-state index in [1.54, 1.807) is 43.3 Å². The Kier molecular flexibility index (Phi) is 7.49. The Bertz CT molecular complexity index is 1400. The summed E-state index contributed by atoms with van der Waals surface area (Å²) in [5, 5.41) is 9.04. The molecule has 3 aromatic carbocycles. The Morgan fingerprint density at radius 3 is 1.61 bits per heavy atom. The molecule has 0 amide bonds. The van der Waals surface area contributed by atoms with Crippen molar-refractivity contribution in [3.8, 4) is 23.3 Å². The number of carbonyl (C=O) groups excluding carboxylic acids is 2. The topological polar surface area (TPSA) is 96.8 Å². The summed E-state index contributed by atoms with van der Waals surface area (Å²) < 4.78 is 21.6. The molecule has 0 fully saturated rings. The lowest BCUT2D eigenvalue weighted by Crippen LogP contribution is -2.15. The van der Waals surface area contributed by atoms with Crippen LogP contribution in [0.5, 0.6) is 23.3 Å². The van der Waals surface area contributed by atoms with Crippen LogP contribution in [0.25, 0.3) is 10.8 Å². The SMILES string of the molecule is COc1c(C)ccc(Cl)c1C(=O)Oc1nnc(OC(=O)c2c(Cl)ccc(Cl)c2OC)c2ccccc12. The summed E-state index contributed by atoms with van der Waals surface area (Å²) in [5.41, 5.74) is 0.666. The van der Waals surface area contributed by atoms with Gasteiger partial charge in [-0.05, 0) is 42.8 Å². The van der Waals surface area contributed by atoms with Gasteiger partial charge in [0.25, 0.3) is 11.8 Å². The first-order valence-electron chi connectivity index (χ1n) is 10.3. The van der Waals surface area contributed by atoms with E-state index in [0.717, 1.165) is 0 Å². The number of halogens is 3. The third-order valence-electron chi connectivity index (χ3n) is 5.18.